The number of halogens is 1. The summed E-state index contributed by atoms with van der Waals surface area (Å²) in [6.07, 6.45) is 0.300. The zero-order chi connectivity index (χ0) is 15.4. The maximum atomic E-state index is 12.4. The van der Waals surface area contributed by atoms with E-state index < -0.39 is 0 Å². The van der Waals surface area contributed by atoms with E-state index in [1.165, 1.54) is 0 Å². The van der Waals surface area contributed by atoms with Gasteiger partial charge in [0.25, 0.3) is 0 Å². The molecule has 4 heteroatoms. The van der Waals surface area contributed by atoms with Crippen molar-refractivity contribution in [2.45, 2.75) is 19.4 Å². The summed E-state index contributed by atoms with van der Waals surface area (Å²) in [5, 5.41) is 0.674. The Bertz CT molecular complexity index is 642. The molecule has 1 unspecified atom stereocenters. The van der Waals surface area contributed by atoms with E-state index in [-0.39, 0.29) is 11.9 Å². The summed E-state index contributed by atoms with van der Waals surface area (Å²) >= 11 is 6.00. The molecular weight excluding hydrogens is 284 g/mol. The Morgan fingerprint density at radius 2 is 1.95 bits per heavy atom. The third kappa shape index (κ3) is 3.76. The summed E-state index contributed by atoms with van der Waals surface area (Å²) in [6.45, 7) is 1.98. The lowest BCUT2D eigenvalue weighted by Crippen LogP contribution is -2.31. The van der Waals surface area contributed by atoms with Crippen molar-refractivity contribution in [2.24, 2.45) is 0 Å². The zero-order valence-electron chi connectivity index (χ0n) is 12.2. The first-order valence-corrected chi connectivity index (χ1v) is 7.21. The molecular formula is C17H19ClN2O. The van der Waals surface area contributed by atoms with Crippen LogP contribution in [0.25, 0.3) is 0 Å². The standard InChI is InChI=1S/C17H19ClN2O/c1-12(13-7-5-8-15(18)10-13)20(2)17(21)11-14-6-3-4-9-16(14)19/h3-10,12H,11,19H2,1-2H3. The normalized spacial score (nSPS) is 12.0. The molecule has 0 bridgehead atoms. The van der Waals surface area contributed by atoms with Gasteiger partial charge in [0.15, 0.2) is 0 Å². The van der Waals surface area contributed by atoms with Crippen molar-refractivity contribution >= 4 is 23.2 Å². The average Bonchev–Trinajstić information content (AvgIpc) is 2.48. The Morgan fingerprint density at radius 1 is 1.24 bits per heavy atom. The number of hydrogen-bond donors (Lipinski definition) is 1. The number of para-hydroxylation sites is 1. The Kier molecular flexibility index (Phi) is 4.86. The molecule has 2 aromatic rings. The van der Waals surface area contributed by atoms with Crippen LogP contribution in [-0.4, -0.2) is 17.9 Å². The van der Waals surface area contributed by atoms with Gasteiger partial charge in [-0.2, -0.15) is 0 Å². The highest BCUT2D eigenvalue weighted by Gasteiger charge is 2.18. The fourth-order valence-corrected chi connectivity index (χ4v) is 2.39. The molecule has 21 heavy (non-hydrogen) atoms. The number of carbonyl (C=O) groups excluding carboxylic acids is 1. The lowest BCUT2D eigenvalue weighted by molar-refractivity contribution is -0.131. The van der Waals surface area contributed by atoms with Gasteiger partial charge in [0.1, 0.15) is 0 Å². The molecule has 1 amide bonds. The molecule has 0 heterocycles. The van der Waals surface area contributed by atoms with E-state index in [4.69, 9.17) is 17.3 Å². The van der Waals surface area contributed by atoms with Crippen molar-refractivity contribution in [1.82, 2.24) is 4.90 Å². The predicted molar refractivity (Wildman–Crippen MR) is 87.2 cm³/mol. The molecule has 0 aliphatic rings. The lowest BCUT2D eigenvalue weighted by atomic mass is 10.1. The molecule has 2 aromatic carbocycles. The second-order valence-corrected chi connectivity index (χ2v) is 5.55. The largest absolute Gasteiger partial charge is 0.398 e. The van der Waals surface area contributed by atoms with Crippen LogP contribution >= 0.6 is 11.6 Å². The molecule has 3 nitrogen and oxygen atoms in total. The third-order valence-corrected chi connectivity index (χ3v) is 3.94. The van der Waals surface area contributed by atoms with E-state index in [1.807, 2.05) is 55.5 Å². The summed E-state index contributed by atoms with van der Waals surface area (Å²) < 4.78 is 0. The highest BCUT2D eigenvalue weighted by atomic mass is 35.5. The predicted octanol–water partition coefficient (Wildman–Crippen LogP) is 3.68. The fourth-order valence-electron chi connectivity index (χ4n) is 2.19. The second-order valence-electron chi connectivity index (χ2n) is 5.11. The number of nitrogens with two attached hydrogens (primary N) is 1. The number of likely N-dealkylation sites (N-methyl/N-ethyl adjacent to an activating group) is 1. The third-order valence-electron chi connectivity index (χ3n) is 3.70. The number of anilines is 1. The summed E-state index contributed by atoms with van der Waals surface area (Å²) in [5.41, 5.74) is 8.40. The van der Waals surface area contributed by atoms with Gasteiger partial charge in [-0.3, -0.25) is 4.79 Å². The number of hydrogen-bond acceptors (Lipinski definition) is 2. The first-order valence-electron chi connectivity index (χ1n) is 6.83. The highest BCUT2D eigenvalue weighted by Crippen LogP contribution is 2.23. The Hall–Kier alpha value is -2.00. The number of carbonyl (C=O) groups is 1. The van der Waals surface area contributed by atoms with Crippen LogP contribution in [0, 0.1) is 0 Å². The molecule has 0 spiro atoms. The van der Waals surface area contributed by atoms with E-state index in [9.17, 15) is 4.79 Å². The van der Waals surface area contributed by atoms with Crippen LogP contribution in [0.3, 0.4) is 0 Å². The van der Waals surface area contributed by atoms with Gasteiger partial charge in [-0.25, -0.2) is 0 Å². The van der Waals surface area contributed by atoms with E-state index >= 15 is 0 Å². The van der Waals surface area contributed by atoms with Gasteiger partial charge in [-0.1, -0.05) is 41.9 Å². The first kappa shape index (κ1) is 15.4. The van der Waals surface area contributed by atoms with Gasteiger partial charge in [0.2, 0.25) is 5.91 Å². The first-order chi connectivity index (χ1) is 9.99. The smallest absolute Gasteiger partial charge is 0.227 e. The van der Waals surface area contributed by atoms with Gasteiger partial charge < -0.3 is 10.6 Å². The van der Waals surface area contributed by atoms with Crippen molar-refractivity contribution in [3.63, 3.8) is 0 Å². The van der Waals surface area contributed by atoms with Gasteiger partial charge in [-0.15, -0.1) is 0 Å². The summed E-state index contributed by atoms with van der Waals surface area (Å²) in [7, 11) is 1.80. The van der Waals surface area contributed by atoms with Gasteiger partial charge in [-0.05, 0) is 36.2 Å². The second kappa shape index (κ2) is 6.64. The Labute approximate surface area is 130 Å². The number of benzene rings is 2. The number of rotatable bonds is 4. The summed E-state index contributed by atoms with van der Waals surface area (Å²) in [5.74, 6) is 0.0281. The van der Waals surface area contributed by atoms with Crippen molar-refractivity contribution in [3.05, 3.63) is 64.7 Å². The van der Waals surface area contributed by atoms with E-state index in [0.717, 1.165) is 11.1 Å². The van der Waals surface area contributed by atoms with Crippen molar-refractivity contribution in [3.8, 4) is 0 Å². The van der Waals surface area contributed by atoms with Crippen molar-refractivity contribution in [1.29, 1.82) is 0 Å². The Morgan fingerprint density at radius 3 is 2.62 bits per heavy atom. The molecule has 0 radical (unpaired) electrons. The topological polar surface area (TPSA) is 46.3 Å². The molecule has 0 saturated heterocycles. The van der Waals surface area contributed by atoms with Gasteiger partial charge in [0.05, 0.1) is 12.5 Å². The molecule has 0 saturated carbocycles. The summed E-state index contributed by atoms with van der Waals surface area (Å²) in [4.78, 5) is 14.1. The lowest BCUT2D eigenvalue weighted by Gasteiger charge is -2.26. The Balaban J connectivity index is 2.10. The molecule has 2 N–H and O–H groups in total. The van der Waals surface area contributed by atoms with Crippen LogP contribution < -0.4 is 5.73 Å². The minimum atomic E-state index is -0.0406. The van der Waals surface area contributed by atoms with E-state index in [0.29, 0.717) is 17.1 Å². The summed E-state index contributed by atoms with van der Waals surface area (Å²) in [6, 6.07) is 15.0. The van der Waals surface area contributed by atoms with Crippen LogP contribution in [0.2, 0.25) is 5.02 Å². The highest BCUT2D eigenvalue weighted by molar-refractivity contribution is 6.30. The number of nitrogen functional groups attached to an aromatic ring is 1. The minimum absolute atomic E-state index is 0.0281. The van der Waals surface area contributed by atoms with Crippen LogP contribution in [0.15, 0.2) is 48.5 Å². The van der Waals surface area contributed by atoms with Crippen LogP contribution in [0.5, 0.6) is 0 Å². The molecule has 0 aliphatic carbocycles. The molecule has 0 aliphatic heterocycles. The maximum absolute atomic E-state index is 12.4. The van der Waals surface area contributed by atoms with Crippen LogP contribution in [-0.2, 0) is 11.2 Å². The minimum Gasteiger partial charge on any atom is -0.398 e. The SMILES string of the molecule is CC(c1cccc(Cl)c1)N(C)C(=O)Cc1ccccc1N. The molecule has 0 aromatic heterocycles. The molecule has 110 valence electrons. The quantitative estimate of drug-likeness (QED) is 0.876. The fraction of sp³-hybridized carbons (Fsp3) is 0.235. The molecule has 2 rings (SSSR count). The number of amides is 1. The average molecular weight is 303 g/mol. The maximum Gasteiger partial charge on any atom is 0.227 e. The zero-order valence-corrected chi connectivity index (χ0v) is 13.0. The van der Waals surface area contributed by atoms with Crippen molar-refractivity contribution < 1.29 is 4.79 Å². The molecule has 1 atom stereocenters. The molecule has 0 fully saturated rings. The number of nitrogens with zero attached hydrogens (tertiary/aromatic N) is 1. The van der Waals surface area contributed by atoms with E-state index in [2.05, 4.69) is 0 Å². The van der Waals surface area contributed by atoms with Crippen molar-refractivity contribution in [2.75, 3.05) is 12.8 Å². The van der Waals surface area contributed by atoms with Crippen LogP contribution in [0.1, 0.15) is 24.1 Å². The van der Waals surface area contributed by atoms with Crippen LogP contribution in [0.4, 0.5) is 5.69 Å². The van der Waals surface area contributed by atoms with Gasteiger partial charge >= 0.3 is 0 Å². The monoisotopic (exact) mass is 302 g/mol. The van der Waals surface area contributed by atoms with Gasteiger partial charge in [0, 0.05) is 17.8 Å². The van der Waals surface area contributed by atoms with E-state index in [1.54, 1.807) is 11.9 Å².